The SMILES string of the molecule is CCCC[Si](Cc1ccccc1)Cc1ccccc1. The molecule has 19 heavy (non-hydrogen) atoms. The second-order valence-electron chi connectivity index (χ2n) is 5.18. The summed E-state index contributed by atoms with van der Waals surface area (Å²) in [5, 5.41) is 0. The maximum absolute atomic E-state index is 2.30. The summed E-state index contributed by atoms with van der Waals surface area (Å²) in [5.74, 6) is 0. The first kappa shape index (κ1) is 14.1. The maximum atomic E-state index is 2.30. The van der Waals surface area contributed by atoms with Crippen LogP contribution in [0.15, 0.2) is 60.7 Å². The van der Waals surface area contributed by atoms with Gasteiger partial charge in [-0.15, -0.1) is 0 Å². The van der Waals surface area contributed by atoms with E-state index in [1.165, 1.54) is 42.1 Å². The fourth-order valence-corrected chi connectivity index (χ4v) is 5.39. The molecule has 0 amide bonds. The van der Waals surface area contributed by atoms with E-state index in [4.69, 9.17) is 0 Å². The van der Waals surface area contributed by atoms with Crippen molar-refractivity contribution in [2.45, 2.75) is 37.9 Å². The zero-order valence-corrected chi connectivity index (χ0v) is 12.8. The molecule has 0 saturated carbocycles. The van der Waals surface area contributed by atoms with Crippen LogP contribution < -0.4 is 0 Å². The summed E-state index contributed by atoms with van der Waals surface area (Å²) < 4.78 is 0. The summed E-state index contributed by atoms with van der Waals surface area (Å²) in [5.41, 5.74) is 3.03. The minimum Gasteiger partial charge on any atom is -0.0654 e. The molecule has 0 aliphatic rings. The van der Waals surface area contributed by atoms with Crippen molar-refractivity contribution >= 4 is 8.80 Å². The van der Waals surface area contributed by atoms with Gasteiger partial charge < -0.3 is 0 Å². The van der Waals surface area contributed by atoms with Crippen LogP contribution in [0, 0.1) is 0 Å². The molecule has 0 aromatic heterocycles. The molecule has 2 rings (SSSR count). The topological polar surface area (TPSA) is 0 Å². The van der Waals surface area contributed by atoms with Crippen LogP contribution in [-0.4, -0.2) is 8.80 Å². The van der Waals surface area contributed by atoms with E-state index in [1.807, 2.05) is 0 Å². The van der Waals surface area contributed by atoms with E-state index in [9.17, 15) is 0 Å². The predicted octanol–water partition coefficient (Wildman–Crippen LogP) is 4.85. The van der Waals surface area contributed by atoms with Gasteiger partial charge in [0.15, 0.2) is 0 Å². The molecular weight excluding hydrogens is 244 g/mol. The van der Waals surface area contributed by atoms with Gasteiger partial charge in [-0.3, -0.25) is 0 Å². The molecule has 0 unspecified atom stereocenters. The first-order chi connectivity index (χ1) is 9.38. The Labute approximate surface area is 119 Å². The van der Waals surface area contributed by atoms with E-state index < -0.39 is 0 Å². The zero-order valence-electron chi connectivity index (χ0n) is 11.8. The van der Waals surface area contributed by atoms with E-state index in [0.717, 1.165) is 0 Å². The number of hydrogen-bond acceptors (Lipinski definition) is 0. The predicted molar refractivity (Wildman–Crippen MR) is 85.8 cm³/mol. The lowest BCUT2D eigenvalue weighted by molar-refractivity contribution is 0.866. The minimum absolute atomic E-state index is 0.312. The Hall–Kier alpha value is -1.34. The van der Waals surface area contributed by atoms with Crippen molar-refractivity contribution in [2.24, 2.45) is 0 Å². The maximum Gasteiger partial charge on any atom is 0.0571 e. The molecule has 0 nitrogen and oxygen atoms in total. The highest BCUT2D eigenvalue weighted by Gasteiger charge is 2.12. The average molecular weight is 267 g/mol. The summed E-state index contributed by atoms with van der Waals surface area (Å²) in [6.45, 7) is 2.30. The summed E-state index contributed by atoms with van der Waals surface area (Å²) >= 11 is 0. The van der Waals surface area contributed by atoms with Crippen molar-refractivity contribution in [2.75, 3.05) is 0 Å². The monoisotopic (exact) mass is 267 g/mol. The largest absolute Gasteiger partial charge is 0.0654 e. The Morgan fingerprint density at radius 2 is 1.21 bits per heavy atom. The van der Waals surface area contributed by atoms with Crippen LogP contribution in [0.25, 0.3) is 0 Å². The van der Waals surface area contributed by atoms with Crippen LogP contribution >= 0.6 is 0 Å². The third-order valence-electron chi connectivity index (χ3n) is 3.48. The van der Waals surface area contributed by atoms with Gasteiger partial charge in [0.05, 0.1) is 8.80 Å². The van der Waals surface area contributed by atoms with Crippen molar-refractivity contribution in [1.82, 2.24) is 0 Å². The molecule has 0 bridgehead atoms. The fraction of sp³-hybridized carbons (Fsp3) is 0.333. The molecule has 99 valence electrons. The van der Waals surface area contributed by atoms with Crippen molar-refractivity contribution in [1.29, 1.82) is 0 Å². The minimum atomic E-state index is -0.312. The molecule has 0 aliphatic heterocycles. The van der Waals surface area contributed by atoms with Crippen LogP contribution in [0.1, 0.15) is 30.9 Å². The normalized spacial score (nSPS) is 10.8. The standard InChI is InChI=1S/C18H23Si/c1-2-3-14-19(15-17-10-6-4-7-11-17)16-18-12-8-5-9-13-18/h4-13H,2-3,14-16H2,1H3. The molecule has 2 aromatic carbocycles. The molecule has 1 radical (unpaired) electrons. The molecule has 0 aliphatic carbocycles. The summed E-state index contributed by atoms with van der Waals surface area (Å²) in [4.78, 5) is 0. The number of rotatable bonds is 7. The second kappa shape index (κ2) is 7.95. The second-order valence-corrected chi connectivity index (χ2v) is 7.89. The zero-order chi connectivity index (χ0) is 13.3. The highest BCUT2D eigenvalue weighted by Crippen LogP contribution is 2.13. The third kappa shape index (κ3) is 5.04. The van der Waals surface area contributed by atoms with Gasteiger partial charge in [-0.25, -0.2) is 0 Å². The molecule has 0 spiro atoms. The molecular formula is C18H23Si. The lowest BCUT2D eigenvalue weighted by Crippen LogP contribution is -2.20. The lowest BCUT2D eigenvalue weighted by Gasteiger charge is -2.15. The van der Waals surface area contributed by atoms with Crippen molar-refractivity contribution in [3.63, 3.8) is 0 Å². The third-order valence-corrected chi connectivity index (χ3v) is 6.35. The van der Waals surface area contributed by atoms with E-state index >= 15 is 0 Å². The molecule has 0 saturated heterocycles. The van der Waals surface area contributed by atoms with Gasteiger partial charge in [-0.2, -0.15) is 0 Å². The van der Waals surface area contributed by atoms with Crippen LogP contribution in [0.2, 0.25) is 6.04 Å². The molecule has 1 heteroatoms. The molecule has 0 heterocycles. The van der Waals surface area contributed by atoms with Gasteiger partial charge in [-0.1, -0.05) is 97.6 Å². The van der Waals surface area contributed by atoms with Gasteiger partial charge in [-0.05, 0) is 12.1 Å². The molecule has 0 atom stereocenters. The Balaban J connectivity index is 1.99. The van der Waals surface area contributed by atoms with Gasteiger partial charge in [0.2, 0.25) is 0 Å². The van der Waals surface area contributed by atoms with E-state index in [2.05, 4.69) is 67.6 Å². The van der Waals surface area contributed by atoms with Gasteiger partial charge in [0.25, 0.3) is 0 Å². The van der Waals surface area contributed by atoms with Crippen LogP contribution in [0.4, 0.5) is 0 Å². The summed E-state index contributed by atoms with van der Waals surface area (Å²) in [6, 6.07) is 26.0. The smallest absolute Gasteiger partial charge is 0.0571 e. The van der Waals surface area contributed by atoms with Crippen LogP contribution in [0.5, 0.6) is 0 Å². The van der Waals surface area contributed by atoms with Gasteiger partial charge in [0.1, 0.15) is 0 Å². The summed E-state index contributed by atoms with van der Waals surface area (Å²) in [7, 11) is -0.312. The van der Waals surface area contributed by atoms with Gasteiger partial charge >= 0.3 is 0 Å². The number of unbranched alkanes of at least 4 members (excludes halogenated alkanes) is 1. The number of benzene rings is 2. The van der Waals surface area contributed by atoms with E-state index in [1.54, 1.807) is 0 Å². The first-order valence-electron chi connectivity index (χ1n) is 7.30. The van der Waals surface area contributed by atoms with Crippen molar-refractivity contribution in [3.05, 3.63) is 71.8 Å². The molecule has 2 aromatic rings. The Bertz CT molecular complexity index is 408. The molecule has 0 fully saturated rings. The average Bonchev–Trinajstić information content (AvgIpc) is 2.47. The van der Waals surface area contributed by atoms with Crippen LogP contribution in [0.3, 0.4) is 0 Å². The Morgan fingerprint density at radius 1 is 0.737 bits per heavy atom. The fourth-order valence-electron chi connectivity index (χ4n) is 2.44. The van der Waals surface area contributed by atoms with E-state index in [-0.39, 0.29) is 8.80 Å². The highest BCUT2D eigenvalue weighted by atomic mass is 28.3. The summed E-state index contributed by atoms with van der Waals surface area (Å²) in [6.07, 6.45) is 2.70. The Morgan fingerprint density at radius 3 is 1.63 bits per heavy atom. The Kier molecular flexibility index (Phi) is 5.89. The first-order valence-corrected chi connectivity index (χ1v) is 9.42. The number of hydrogen-bond donors (Lipinski definition) is 0. The lowest BCUT2D eigenvalue weighted by atomic mass is 10.2. The van der Waals surface area contributed by atoms with Crippen molar-refractivity contribution < 1.29 is 0 Å². The quantitative estimate of drug-likeness (QED) is 0.629. The van der Waals surface area contributed by atoms with Gasteiger partial charge in [0, 0.05) is 0 Å². The van der Waals surface area contributed by atoms with Crippen LogP contribution in [-0.2, 0) is 12.1 Å². The van der Waals surface area contributed by atoms with E-state index in [0.29, 0.717) is 0 Å². The van der Waals surface area contributed by atoms with Crippen molar-refractivity contribution in [3.8, 4) is 0 Å². The molecule has 0 N–H and O–H groups in total. The highest BCUT2D eigenvalue weighted by molar-refractivity contribution is 6.57.